The third-order valence-electron chi connectivity index (χ3n) is 6.43. The van der Waals surface area contributed by atoms with E-state index in [1.165, 1.54) is 0 Å². The number of fused-ring (bicyclic) bond motifs is 1. The van der Waals surface area contributed by atoms with E-state index in [0.717, 1.165) is 16.5 Å². The van der Waals surface area contributed by atoms with E-state index in [2.05, 4.69) is 28.6 Å². The lowest BCUT2D eigenvalue weighted by Gasteiger charge is -2.22. The molecule has 2 aromatic carbocycles. The number of nitrogens with zero attached hydrogens (tertiary/aromatic N) is 3. The number of hydrogen-bond donors (Lipinski definition) is 2. The van der Waals surface area contributed by atoms with Crippen molar-refractivity contribution in [1.82, 2.24) is 14.9 Å². The molecule has 4 aromatic rings. The molecule has 2 heterocycles. The molecule has 1 atom stereocenters. The molecule has 0 bridgehead atoms. The fraction of sp³-hybridized carbons (Fsp3) is 0.188. The average Bonchev–Trinajstić information content (AvgIpc) is 2.92. The first-order valence-corrected chi connectivity index (χ1v) is 12.9. The number of ether oxygens (including phenoxy) is 1. The standard InChI is InChI=1S/C32H33N5O3/c1-19(2)40-28-18-23(15-16-35-28)26-14-10-11-24-17-27(21(4)36-31(38)29(20(3)33)22(5)34-6)37(32(39)30(24)26)25-12-8-7-9-13-25/h7-19,21H,3,6,33H2,1-2,4-5H3,(H,36,38)/b29-22-/t21-/m0/s1. The van der Waals surface area contributed by atoms with Gasteiger partial charge in [-0.1, -0.05) is 43.0 Å². The topological polar surface area (TPSA) is 112 Å². The molecule has 0 radical (unpaired) electrons. The zero-order valence-electron chi connectivity index (χ0n) is 23.1. The van der Waals surface area contributed by atoms with Crippen molar-refractivity contribution in [1.29, 1.82) is 0 Å². The number of hydrogen-bond acceptors (Lipinski definition) is 6. The van der Waals surface area contributed by atoms with Crippen LogP contribution in [0.5, 0.6) is 5.88 Å². The normalized spacial score (nSPS) is 12.5. The Bertz CT molecular complexity index is 1690. The van der Waals surface area contributed by atoms with E-state index in [-0.39, 0.29) is 22.9 Å². The summed E-state index contributed by atoms with van der Waals surface area (Å²) in [6, 6.07) is 20.1. The molecule has 0 saturated carbocycles. The van der Waals surface area contributed by atoms with Crippen molar-refractivity contribution in [2.24, 2.45) is 10.7 Å². The van der Waals surface area contributed by atoms with Gasteiger partial charge in [-0.05, 0) is 75.2 Å². The summed E-state index contributed by atoms with van der Waals surface area (Å²) in [6.07, 6.45) is 1.63. The van der Waals surface area contributed by atoms with Crippen LogP contribution in [0.2, 0.25) is 0 Å². The average molecular weight is 536 g/mol. The molecule has 3 N–H and O–H groups in total. The summed E-state index contributed by atoms with van der Waals surface area (Å²) in [5.41, 5.74) is 9.08. The minimum atomic E-state index is -0.576. The number of amides is 1. The molecule has 0 fully saturated rings. The monoisotopic (exact) mass is 535 g/mol. The maximum Gasteiger partial charge on any atom is 0.263 e. The second kappa shape index (κ2) is 11.8. The van der Waals surface area contributed by atoms with Gasteiger partial charge in [-0.25, -0.2) is 4.98 Å². The van der Waals surface area contributed by atoms with E-state index >= 15 is 0 Å². The van der Waals surface area contributed by atoms with Crippen molar-refractivity contribution >= 4 is 23.4 Å². The Hall–Kier alpha value is -4.98. The summed E-state index contributed by atoms with van der Waals surface area (Å²) in [5.74, 6) is 0.0239. The third kappa shape index (κ3) is 5.71. The fourth-order valence-corrected chi connectivity index (χ4v) is 4.63. The molecule has 204 valence electrons. The zero-order chi connectivity index (χ0) is 29.0. The Morgan fingerprint density at radius 1 is 1.07 bits per heavy atom. The van der Waals surface area contributed by atoms with Crippen molar-refractivity contribution in [3.8, 4) is 22.7 Å². The number of para-hydroxylation sites is 1. The van der Waals surface area contributed by atoms with Crippen LogP contribution in [0.15, 0.2) is 106 Å². The second-order valence-electron chi connectivity index (χ2n) is 9.70. The molecular weight excluding hydrogens is 502 g/mol. The van der Waals surface area contributed by atoms with E-state index in [1.807, 2.05) is 87.5 Å². The molecule has 8 nitrogen and oxygen atoms in total. The maximum absolute atomic E-state index is 14.3. The van der Waals surface area contributed by atoms with Gasteiger partial charge in [-0.3, -0.25) is 19.1 Å². The minimum Gasteiger partial charge on any atom is -0.475 e. The number of carbonyl (C=O) groups is 1. The van der Waals surface area contributed by atoms with Crippen LogP contribution in [-0.2, 0) is 4.79 Å². The highest BCUT2D eigenvalue weighted by Gasteiger charge is 2.22. The highest BCUT2D eigenvalue weighted by Crippen LogP contribution is 2.31. The lowest BCUT2D eigenvalue weighted by Crippen LogP contribution is -2.34. The maximum atomic E-state index is 14.3. The molecule has 2 aromatic heterocycles. The molecule has 0 aliphatic heterocycles. The number of allylic oxidation sites excluding steroid dienone is 1. The number of rotatable bonds is 9. The molecule has 0 unspecified atom stereocenters. The molecule has 1 amide bonds. The lowest BCUT2D eigenvalue weighted by molar-refractivity contribution is -0.118. The molecule has 0 aliphatic rings. The van der Waals surface area contributed by atoms with Gasteiger partial charge >= 0.3 is 0 Å². The number of pyridine rings is 2. The summed E-state index contributed by atoms with van der Waals surface area (Å²) >= 11 is 0. The second-order valence-corrected chi connectivity index (χ2v) is 9.70. The fourth-order valence-electron chi connectivity index (χ4n) is 4.63. The number of aliphatic imine (C=N–C) groups is 1. The molecule has 0 spiro atoms. The van der Waals surface area contributed by atoms with Crippen LogP contribution in [0, 0.1) is 0 Å². The summed E-state index contributed by atoms with van der Waals surface area (Å²) in [5, 5.41) is 4.23. The largest absolute Gasteiger partial charge is 0.475 e. The van der Waals surface area contributed by atoms with Crippen LogP contribution in [0.4, 0.5) is 0 Å². The Labute approximate surface area is 233 Å². The predicted molar refractivity (Wildman–Crippen MR) is 161 cm³/mol. The highest BCUT2D eigenvalue weighted by atomic mass is 16.5. The molecule has 8 heteroatoms. The van der Waals surface area contributed by atoms with Gasteiger partial charge in [0.05, 0.1) is 28.8 Å². The quantitative estimate of drug-likeness (QED) is 0.168. The van der Waals surface area contributed by atoms with Crippen LogP contribution in [0.25, 0.3) is 27.6 Å². The number of carbonyl (C=O) groups excluding carboxylic acids is 1. The van der Waals surface area contributed by atoms with Crippen molar-refractivity contribution in [3.63, 3.8) is 0 Å². The van der Waals surface area contributed by atoms with Crippen LogP contribution < -0.4 is 21.3 Å². The first-order chi connectivity index (χ1) is 19.1. The molecule has 4 rings (SSSR count). The molecular formula is C32H33N5O3. The predicted octanol–water partition coefficient (Wildman–Crippen LogP) is 5.46. The first kappa shape index (κ1) is 28.0. The van der Waals surface area contributed by atoms with Crippen molar-refractivity contribution < 1.29 is 9.53 Å². The van der Waals surface area contributed by atoms with Gasteiger partial charge in [0.25, 0.3) is 11.5 Å². The smallest absolute Gasteiger partial charge is 0.263 e. The van der Waals surface area contributed by atoms with Crippen LogP contribution in [0.1, 0.15) is 39.4 Å². The number of nitrogens with one attached hydrogen (secondary N) is 1. The van der Waals surface area contributed by atoms with Crippen molar-refractivity contribution in [2.75, 3.05) is 0 Å². The minimum absolute atomic E-state index is 0.0392. The van der Waals surface area contributed by atoms with Gasteiger partial charge in [-0.15, -0.1) is 0 Å². The molecule has 40 heavy (non-hydrogen) atoms. The SMILES string of the molecule is C=N/C(C)=C(/C(=C)N)C(=O)N[C@@H](C)c1cc2cccc(-c3ccnc(OC(C)C)c3)c2c(=O)n1-c1ccccc1. The van der Waals surface area contributed by atoms with Crippen LogP contribution in [-0.4, -0.2) is 28.3 Å². The van der Waals surface area contributed by atoms with Crippen molar-refractivity contribution in [2.45, 2.75) is 39.8 Å². The van der Waals surface area contributed by atoms with Gasteiger partial charge in [0.1, 0.15) is 0 Å². The molecule has 0 aliphatic carbocycles. The van der Waals surface area contributed by atoms with Gasteiger partial charge < -0.3 is 15.8 Å². The third-order valence-corrected chi connectivity index (χ3v) is 6.43. The number of nitrogens with two attached hydrogens (primary N) is 1. The van der Waals surface area contributed by atoms with E-state index in [1.54, 1.807) is 17.7 Å². The summed E-state index contributed by atoms with van der Waals surface area (Å²) in [7, 11) is 0. The van der Waals surface area contributed by atoms with E-state index in [0.29, 0.717) is 28.3 Å². The zero-order valence-corrected chi connectivity index (χ0v) is 23.1. The Morgan fingerprint density at radius 3 is 2.45 bits per heavy atom. The van der Waals surface area contributed by atoms with Gasteiger partial charge in [-0.2, -0.15) is 0 Å². The summed E-state index contributed by atoms with van der Waals surface area (Å²) < 4.78 is 7.42. The van der Waals surface area contributed by atoms with E-state index in [9.17, 15) is 9.59 Å². The Kier molecular flexibility index (Phi) is 8.29. The van der Waals surface area contributed by atoms with Crippen LogP contribution in [0.3, 0.4) is 0 Å². The van der Waals surface area contributed by atoms with E-state index in [4.69, 9.17) is 10.5 Å². The van der Waals surface area contributed by atoms with Gasteiger partial charge in [0.15, 0.2) is 0 Å². The number of benzene rings is 2. The Balaban J connectivity index is 1.92. The summed E-state index contributed by atoms with van der Waals surface area (Å²) in [6.45, 7) is 14.5. The highest BCUT2D eigenvalue weighted by molar-refractivity contribution is 5.99. The Morgan fingerprint density at radius 2 is 1.80 bits per heavy atom. The molecule has 0 saturated heterocycles. The van der Waals surface area contributed by atoms with Gasteiger partial charge in [0, 0.05) is 29.3 Å². The van der Waals surface area contributed by atoms with E-state index < -0.39 is 11.9 Å². The summed E-state index contributed by atoms with van der Waals surface area (Å²) in [4.78, 5) is 35.7. The van der Waals surface area contributed by atoms with Crippen LogP contribution >= 0.6 is 0 Å². The van der Waals surface area contributed by atoms with Gasteiger partial charge in [0.2, 0.25) is 5.88 Å². The lowest BCUT2D eigenvalue weighted by atomic mass is 9.98. The number of aromatic nitrogens is 2. The van der Waals surface area contributed by atoms with Crippen molar-refractivity contribution in [3.05, 3.63) is 113 Å². The first-order valence-electron chi connectivity index (χ1n) is 12.9.